The van der Waals surface area contributed by atoms with E-state index in [1.54, 1.807) is 10.6 Å². The predicted molar refractivity (Wildman–Crippen MR) is 80.5 cm³/mol. The summed E-state index contributed by atoms with van der Waals surface area (Å²) in [5.41, 5.74) is 0.401. The molecule has 0 bridgehead atoms. The lowest BCUT2D eigenvalue weighted by Crippen LogP contribution is -2.29. The van der Waals surface area contributed by atoms with Crippen LogP contribution >= 0.6 is 0 Å². The molecule has 20 heavy (non-hydrogen) atoms. The molecule has 1 rings (SSSR count). The van der Waals surface area contributed by atoms with Crippen molar-refractivity contribution >= 4 is 5.97 Å². The second-order valence-corrected chi connectivity index (χ2v) is 5.50. The summed E-state index contributed by atoms with van der Waals surface area (Å²) >= 11 is 0. The third kappa shape index (κ3) is 4.22. The van der Waals surface area contributed by atoms with Gasteiger partial charge in [-0.15, -0.1) is 0 Å². The number of hydrogen-bond donors (Lipinski definition) is 1. The molecule has 0 aliphatic carbocycles. The van der Waals surface area contributed by atoms with Crippen LogP contribution in [-0.2, 0) is 6.54 Å². The molecule has 0 aromatic carbocycles. The van der Waals surface area contributed by atoms with Gasteiger partial charge in [0.1, 0.15) is 5.56 Å². The van der Waals surface area contributed by atoms with Crippen molar-refractivity contribution in [3.05, 3.63) is 33.7 Å². The van der Waals surface area contributed by atoms with Crippen molar-refractivity contribution in [2.24, 2.45) is 0 Å². The van der Waals surface area contributed by atoms with E-state index in [4.69, 9.17) is 5.11 Å². The highest BCUT2D eigenvalue weighted by Gasteiger charge is 2.15. The number of carboxylic acids is 1. The Morgan fingerprint density at radius 3 is 2.40 bits per heavy atom. The van der Waals surface area contributed by atoms with Gasteiger partial charge in [-0.05, 0) is 24.5 Å². The first-order valence-electron chi connectivity index (χ1n) is 7.46. The second kappa shape index (κ2) is 7.88. The lowest BCUT2D eigenvalue weighted by atomic mass is 10.1. The van der Waals surface area contributed by atoms with Gasteiger partial charge in [0.2, 0.25) is 0 Å². The van der Waals surface area contributed by atoms with Crippen LogP contribution in [0, 0.1) is 0 Å². The zero-order valence-electron chi connectivity index (χ0n) is 12.7. The van der Waals surface area contributed by atoms with Crippen molar-refractivity contribution in [2.45, 2.75) is 65.3 Å². The van der Waals surface area contributed by atoms with Gasteiger partial charge in [-0.25, -0.2) is 4.79 Å². The molecule has 4 nitrogen and oxygen atoms in total. The Hall–Kier alpha value is -1.58. The Morgan fingerprint density at radius 1 is 1.20 bits per heavy atom. The molecule has 1 heterocycles. The fourth-order valence-corrected chi connectivity index (χ4v) is 2.36. The van der Waals surface area contributed by atoms with Gasteiger partial charge < -0.3 is 9.67 Å². The lowest BCUT2D eigenvalue weighted by Gasteiger charge is -2.16. The molecule has 0 atom stereocenters. The molecule has 0 aliphatic rings. The maximum Gasteiger partial charge on any atom is 0.341 e. The zero-order chi connectivity index (χ0) is 15.1. The van der Waals surface area contributed by atoms with E-state index in [9.17, 15) is 9.59 Å². The molecule has 1 aromatic heterocycles. The topological polar surface area (TPSA) is 59.3 Å². The van der Waals surface area contributed by atoms with Crippen LogP contribution in [0.5, 0.6) is 0 Å². The van der Waals surface area contributed by atoms with Crippen molar-refractivity contribution in [1.82, 2.24) is 4.57 Å². The van der Waals surface area contributed by atoms with Crippen LogP contribution in [-0.4, -0.2) is 15.6 Å². The molecule has 0 aliphatic heterocycles. The molecule has 0 radical (unpaired) electrons. The highest BCUT2D eigenvalue weighted by Crippen LogP contribution is 2.14. The van der Waals surface area contributed by atoms with Crippen LogP contribution < -0.4 is 5.56 Å². The second-order valence-electron chi connectivity index (χ2n) is 5.50. The number of unbranched alkanes of at least 4 members (excludes halogenated alkanes) is 4. The van der Waals surface area contributed by atoms with Gasteiger partial charge in [0.25, 0.3) is 5.56 Å². The first kappa shape index (κ1) is 16.5. The van der Waals surface area contributed by atoms with E-state index in [0.717, 1.165) is 18.5 Å². The fraction of sp³-hybridized carbons (Fsp3) is 0.625. The van der Waals surface area contributed by atoms with Crippen molar-refractivity contribution in [3.63, 3.8) is 0 Å². The van der Waals surface area contributed by atoms with Gasteiger partial charge >= 0.3 is 5.97 Å². The van der Waals surface area contributed by atoms with Crippen molar-refractivity contribution in [1.29, 1.82) is 0 Å². The Kier molecular flexibility index (Phi) is 6.49. The highest BCUT2D eigenvalue weighted by atomic mass is 16.4. The summed E-state index contributed by atoms with van der Waals surface area (Å²) < 4.78 is 1.64. The van der Waals surface area contributed by atoms with Crippen molar-refractivity contribution in [2.75, 3.05) is 0 Å². The summed E-state index contributed by atoms with van der Waals surface area (Å²) in [6.07, 6.45) is 5.56. The van der Waals surface area contributed by atoms with E-state index in [1.165, 1.54) is 25.3 Å². The van der Waals surface area contributed by atoms with Crippen molar-refractivity contribution in [3.8, 4) is 0 Å². The molecule has 0 unspecified atom stereocenters. The van der Waals surface area contributed by atoms with E-state index in [1.807, 2.05) is 13.8 Å². The minimum atomic E-state index is -1.15. The van der Waals surface area contributed by atoms with Crippen LogP contribution in [0.2, 0.25) is 0 Å². The standard InChI is InChI=1S/C16H25NO3/c1-4-5-6-7-8-11-17-14(12(2)3)10-9-13(15(17)18)16(19)20/h9-10,12H,4-8,11H2,1-3H3,(H,19,20). The zero-order valence-corrected chi connectivity index (χ0v) is 12.7. The summed E-state index contributed by atoms with van der Waals surface area (Å²) in [7, 11) is 0. The van der Waals surface area contributed by atoms with Gasteiger partial charge in [0.15, 0.2) is 0 Å². The van der Waals surface area contributed by atoms with E-state index in [-0.39, 0.29) is 17.0 Å². The minimum Gasteiger partial charge on any atom is -0.477 e. The third-order valence-corrected chi connectivity index (χ3v) is 3.52. The smallest absolute Gasteiger partial charge is 0.341 e. The van der Waals surface area contributed by atoms with Crippen LogP contribution in [0.3, 0.4) is 0 Å². The normalized spacial score (nSPS) is 11.0. The SMILES string of the molecule is CCCCCCCn1c(C(C)C)ccc(C(=O)O)c1=O. The average molecular weight is 279 g/mol. The summed E-state index contributed by atoms with van der Waals surface area (Å²) in [5.74, 6) is -0.939. The quantitative estimate of drug-likeness (QED) is 0.739. The Balaban J connectivity index is 2.92. The minimum absolute atomic E-state index is 0.136. The number of carboxylic acid groups (broad SMARTS) is 1. The molecule has 0 saturated carbocycles. The molecular formula is C16H25NO3. The molecule has 0 spiro atoms. The average Bonchev–Trinajstić information content (AvgIpc) is 2.39. The number of rotatable bonds is 8. The molecule has 1 aromatic rings. The fourth-order valence-electron chi connectivity index (χ4n) is 2.36. The van der Waals surface area contributed by atoms with Gasteiger partial charge in [-0.2, -0.15) is 0 Å². The molecule has 4 heteroatoms. The number of carbonyl (C=O) groups is 1. The highest BCUT2D eigenvalue weighted by molar-refractivity contribution is 5.87. The first-order valence-corrected chi connectivity index (χ1v) is 7.46. The first-order chi connectivity index (χ1) is 9.49. The van der Waals surface area contributed by atoms with E-state index < -0.39 is 5.97 Å². The molecule has 0 fully saturated rings. The molecule has 112 valence electrons. The summed E-state index contributed by atoms with van der Waals surface area (Å²) in [4.78, 5) is 23.3. The van der Waals surface area contributed by atoms with Crippen LogP contribution in [0.25, 0.3) is 0 Å². The molecule has 0 amide bonds. The van der Waals surface area contributed by atoms with E-state index in [0.29, 0.717) is 6.54 Å². The van der Waals surface area contributed by atoms with E-state index >= 15 is 0 Å². The number of hydrogen-bond acceptors (Lipinski definition) is 2. The Morgan fingerprint density at radius 2 is 1.85 bits per heavy atom. The van der Waals surface area contributed by atoms with Gasteiger partial charge in [-0.1, -0.05) is 46.5 Å². The maximum absolute atomic E-state index is 12.2. The Labute approximate surface area is 120 Å². The maximum atomic E-state index is 12.2. The van der Waals surface area contributed by atoms with Crippen LogP contribution in [0.15, 0.2) is 16.9 Å². The molecule has 0 saturated heterocycles. The molecular weight excluding hydrogens is 254 g/mol. The summed E-state index contributed by atoms with van der Waals surface area (Å²) in [6, 6.07) is 3.19. The molecule has 1 N–H and O–H groups in total. The van der Waals surface area contributed by atoms with Crippen LogP contribution in [0.1, 0.15) is 74.8 Å². The van der Waals surface area contributed by atoms with Gasteiger partial charge in [0, 0.05) is 12.2 Å². The number of aromatic nitrogens is 1. The largest absolute Gasteiger partial charge is 0.477 e. The summed E-state index contributed by atoms with van der Waals surface area (Å²) in [6.45, 7) is 6.81. The number of aromatic carboxylic acids is 1. The van der Waals surface area contributed by atoms with Crippen LogP contribution in [0.4, 0.5) is 0 Å². The number of pyridine rings is 1. The Bertz CT molecular complexity index is 503. The van der Waals surface area contributed by atoms with Gasteiger partial charge in [-0.3, -0.25) is 4.79 Å². The predicted octanol–water partition coefficient (Wildman–Crippen LogP) is 3.64. The third-order valence-electron chi connectivity index (χ3n) is 3.52. The number of nitrogens with zero attached hydrogens (tertiary/aromatic N) is 1. The monoisotopic (exact) mass is 279 g/mol. The lowest BCUT2D eigenvalue weighted by molar-refractivity contribution is 0.0694. The summed E-state index contributed by atoms with van der Waals surface area (Å²) in [5, 5.41) is 9.05. The van der Waals surface area contributed by atoms with Crippen molar-refractivity contribution < 1.29 is 9.90 Å². The van der Waals surface area contributed by atoms with Gasteiger partial charge in [0.05, 0.1) is 0 Å². The van der Waals surface area contributed by atoms with E-state index in [2.05, 4.69) is 6.92 Å².